The molecular weight excluding hydrogens is 461 g/mol. The lowest BCUT2D eigenvalue weighted by Crippen LogP contribution is -2.42. The molecule has 9 heteroatoms. The molecule has 5 rings (SSSR count). The van der Waals surface area contributed by atoms with Gasteiger partial charge in [0.05, 0.1) is 12.3 Å². The van der Waals surface area contributed by atoms with Gasteiger partial charge in [0, 0.05) is 67.0 Å². The van der Waals surface area contributed by atoms with Crippen molar-refractivity contribution in [1.82, 2.24) is 25.4 Å². The second-order valence-electron chi connectivity index (χ2n) is 9.82. The van der Waals surface area contributed by atoms with Gasteiger partial charge in [-0.2, -0.15) is 5.10 Å². The minimum absolute atomic E-state index is 0.131. The van der Waals surface area contributed by atoms with Crippen LogP contribution in [-0.2, 0) is 26.0 Å². The van der Waals surface area contributed by atoms with Crippen LogP contribution in [0.25, 0.3) is 0 Å². The predicted octanol–water partition coefficient (Wildman–Crippen LogP) is 3.01. The topological polar surface area (TPSA) is 103 Å². The van der Waals surface area contributed by atoms with E-state index in [-0.39, 0.29) is 18.3 Å². The number of hydrogen-bond donors (Lipinski definition) is 3. The van der Waals surface area contributed by atoms with Crippen LogP contribution < -0.4 is 10.1 Å². The summed E-state index contributed by atoms with van der Waals surface area (Å²) in [5.41, 5.74) is 3.94. The van der Waals surface area contributed by atoms with E-state index in [1.807, 2.05) is 17.0 Å². The van der Waals surface area contributed by atoms with E-state index in [9.17, 15) is 14.3 Å². The number of benzene rings is 1. The molecule has 0 saturated heterocycles. The maximum atomic E-state index is 14.8. The fraction of sp³-hybridized carbons (Fsp3) is 0.444. The summed E-state index contributed by atoms with van der Waals surface area (Å²) < 4.78 is 20.6. The molecule has 0 unspecified atom stereocenters. The predicted molar refractivity (Wildman–Crippen MR) is 132 cm³/mol. The molecule has 2 aliphatic rings. The Bertz CT molecular complexity index is 1180. The lowest BCUT2D eigenvalue weighted by molar-refractivity contribution is 0.0839. The van der Waals surface area contributed by atoms with Crippen LogP contribution in [0.15, 0.2) is 42.9 Å². The standard InChI is InChI=1S/C27H32FN5O3/c28-26-11-24(36-17-19-12-31-32-13-19)10-20-5-7-33(16-25(20)26)15-23(34)14-30-27(35)21-4-6-29-22(9-21)8-18-2-1-3-18/h4,6,9-13,18,23,34H,1-3,5,7-8,14-17H2,(H,30,35)(H,31,32)/t23-/m0/s1. The molecule has 190 valence electrons. The van der Waals surface area contributed by atoms with Crippen molar-refractivity contribution in [3.8, 4) is 5.75 Å². The van der Waals surface area contributed by atoms with Crippen LogP contribution in [0, 0.1) is 11.7 Å². The third kappa shape index (κ3) is 6.09. The largest absolute Gasteiger partial charge is 0.489 e. The summed E-state index contributed by atoms with van der Waals surface area (Å²) in [6.07, 6.45) is 9.64. The van der Waals surface area contributed by atoms with E-state index in [1.54, 1.807) is 24.7 Å². The van der Waals surface area contributed by atoms with Gasteiger partial charge >= 0.3 is 0 Å². The number of hydrogen-bond acceptors (Lipinski definition) is 6. The number of nitrogens with one attached hydrogen (secondary N) is 2. The second kappa shape index (κ2) is 11.2. The Hall–Kier alpha value is -3.30. The third-order valence-corrected chi connectivity index (χ3v) is 7.07. The molecule has 0 bridgehead atoms. The fourth-order valence-corrected chi connectivity index (χ4v) is 4.81. The molecule has 3 aromatic rings. The Labute approximate surface area is 209 Å². The van der Waals surface area contributed by atoms with Gasteiger partial charge in [0.1, 0.15) is 18.2 Å². The number of pyridine rings is 1. The van der Waals surface area contributed by atoms with Crippen LogP contribution in [0.2, 0.25) is 0 Å². The highest BCUT2D eigenvalue weighted by atomic mass is 19.1. The summed E-state index contributed by atoms with van der Waals surface area (Å²) in [6.45, 7) is 1.90. The quantitative estimate of drug-likeness (QED) is 0.401. The number of aliphatic hydroxyl groups excluding tert-OH is 1. The molecule has 1 aromatic carbocycles. The van der Waals surface area contributed by atoms with Crippen molar-refractivity contribution < 1.29 is 19.0 Å². The van der Waals surface area contributed by atoms with Crippen LogP contribution in [0.4, 0.5) is 4.39 Å². The van der Waals surface area contributed by atoms with Gasteiger partial charge in [0.25, 0.3) is 5.91 Å². The number of fused-ring (bicyclic) bond motifs is 1. The maximum absolute atomic E-state index is 14.8. The Morgan fingerprint density at radius 1 is 1.33 bits per heavy atom. The lowest BCUT2D eigenvalue weighted by Gasteiger charge is -2.31. The van der Waals surface area contributed by atoms with Crippen molar-refractivity contribution in [3.63, 3.8) is 0 Å². The minimum atomic E-state index is -0.757. The van der Waals surface area contributed by atoms with E-state index in [1.165, 1.54) is 25.3 Å². The van der Waals surface area contributed by atoms with Crippen LogP contribution in [0.1, 0.15) is 52.0 Å². The second-order valence-corrected chi connectivity index (χ2v) is 9.82. The van der Waals surface area contributed by atoms with Gasteiger partial charge in [0.15, 0.2) is 0 Å². The van der Waals surface area contributed by atoms with Crippen molar-refractivity contribution in [2.45, 2.75) is 51.4 Å². The van der Waals surface area contributed by atoms with Crippen molar-refractivity contribution >= 4 is 5.91 Å². The lowest BCUT2D eigenvalue weighted by atomic mass is 9.82. The summed E-state index contributed by atoms with van der Waals surface area (Å²) in [5, 5.41) is 20.0. The molecular formula is C27H32FN5O3. The number of carbonyl (C=O) groups excluding carboxylic acids is 1. The van der Waals surface area contributed by atoms with Gasteiger partial charge in [0.2, 0.25) is 0 Å². The first-order valence-corrected chi connectivity index (χ1v) is 12.6. The van der Waals surface area contributed by atoms with E-state index >= 15 is 0 Å². The zero-order valence-corrected chi connectivity index (χ0v) is 20.3. The first-order chi connectivity index (χ1) is 17.5. The third-order valence-electron chi connectivity index (χ3n) is 7.07. The molecule has 0 spiro atoms. The first-order valence-electron chi connectivity index (χ1n) is 12.6. The van der Waals surface area contributed by atoms with Crippen molar-refractivity contribution in [1.29, 1.82) is 0 Å². The molecule has 36 heavy (non-hydrogen) atoms. The van der Waals surface area contributed by atoms with Crippen LogP contribution in [0.3, 0.4) is 0 Å². The number of β-amino-alcohol motifs (C(OH)–C–C–N with tert-alkyl or cyclic N) is 1. The number of halogens is 1. The minimum Gasteiger partial charge on any atom is -0.489 e. The highest BCUT2D eigenvalue weighted by Crippen LogP contribution is 2.29. The van der Waals surface area contributed by atoms with Gasteiger partial charge in [-0.25, -0.2) is 4.39 Å². The van der Waals surface area contributed by atoms with E-state index in [0.717, 1.165) is 23.2 Å². The number of carbonyl (C=O) groups is 1. The van der Waals surface area contributed by atoms with Gasteiger partial charge in [-0.3, -0.25) is 19.8 Å². The van der Waals surface area contributed by atoms with Gasteiger partial charge in [-0.1, -0.05) is 19.3 Å². The van der Waals surface area contributed by atoms with Gasteiger partial charge in [-0.15, -0.1) is 0 Å². The molecule has 1 aliphatic heterocycles. The number of rotatable bonds is 10. The van der Waals surface area contributed by atoms with Gasteiger partial charge in [-0.05, 0) is 42.5 Å². The monoisotopic (exact) mass is 493 g/mol. The molecule has 1 fully saturated rings. The highest BCUT2D eigenvalue weighted by Gasteiger charge is 2.23. The maximum Gasteiger partial charge on any atom is 0.251 e. The van der Waals surface area contributed by atoms with Crippen molar-refractivity contribution in [2.24, 2.45) is 5.92 Å². The molecule has 1 aliphatic carbocycles. The van der Waals surface area contributed by atoms with Crippen LogP contribution in [0.5, 0.6) is 5.75 Å². The summed E-state index contributed by atoms with van der Waals surface area (Å²) in [7, 11) is 0. The number of nitrogens with zero attached hydrogens (tertiary/aromatic N) is 3. The molecule has 1 amide bonds. The van der Waals surface area contributed by atoms with E-state index in [0.29, 0.717) is 55.5 Å². The zero-order chi connectivity index (χ0) is 24.9. The highest BCUT2D eigenvalue weighted by molar-refractivity contribution is 5.94. The number of aliphatic hydroxyl groups is 1. The summed E-state index contributed by atoms with van der Waals surface area (Å²) in [4.78, 5) is 19.0. The number of aromatic amines is 1. The number of aromatic nitrogens is 3. The number of H-pyrrole nitrogens is 1. The number of ether oxygens (including phenoxy) is 1. The molecule has 1 saturated carbocycles. The molecule has 1 atom stereocenters. The molecule has 0 radical (unpaired) electrons. The smallest absolute Gasteiger partial charge is 0.251 e. The zero-order valence-electron chi connectivity index (χ0n) is 20.3. The Morgan fingerprint density at radius 3 is 3.00 bits per heavy atom. The normalized spacial score (nSPS) is 16.7. The Balaban J connectivity index is 1.10. The first kappa shape index (κ1) is 24.4. The SMILES string of the molecule is O=C(NC[C@H](O)CN1CCc2cc(OCc3cn[nH]c3)cc(F)c2C1)c1ccnc(CC2CCC2)c1. The Kier molecular flexibility index (Phi) is 7.58. The van der Waals surface area contributed by atoms with E-state index in [4.69, 9.17) is 4.74 Å². The molecule has 3 heterocycles. The summed E-state index contributed by atoms with van der Waals surface area (Å²) in [5.74, 6) is 0.649. The average molecular weight is 494 g/mol. The molecule has 8 nitrogen and oxygen atoms in total. The van der Waals surface area contributed by atoms with Crippen molar-refractivity contribution in [2.75, 3.05) is 19.6 Å². The number of amides is 1. The van der Waals surface area contributed by atoms with Crippen LogP contribution >= 0.6 is 0 Å². The summed E-state index contributed by atoms with van der Waals surface area (Å²) >= 11 is 0. The van der Waals surface area contributed by atoms with E-state index < -0.39 is 6.10 Å². The summed E-state index contributed by atoms with van der Waals surface area (Å²) in [6, 6.07) is 6.84. The average Bonchev–Trinajstić information content (AvgIpc) is 3.38. The van der Waals surface area contributed by atoms with Gasteiger partial charge < -0.3 is 15.2 Å². The molecule has 3 N–H and O–H groups in total. The Morgan fingerprint density at radius 2 is 2.22 bits per heavy atom. The van der Waals surface area contributed by atoms with E-state index in [2.05, 4.69) is 20.5 Å². The fourth-order valence-electron chi connectivity index (χ4n) is 4.81. The molecule has 2 aromatic heterocycles. The van der Waals surface area contributed by atoms with Crippen molar-refractivity contribution in [3.05, 3.63) is 76.6 Å². The van der Waals surface area contributed by atoms with Crippen LogP contribution in [-0.4, -0.2) is 56.8 Å².